The van der Waals surface area contributed by atoms with Gasteiger partial charge >= 0.3 is 0 Å². The van der Waals surface area contributed by atoms with Crippen LogP contribution in [0.25, 0.3) is 0 Å². The van der Waals surface area contributed by atoms with Crippen LogP contribution in [-0.2, 0) is 4.74 Å². The summed E-state index contributed by atoms with van der Waals surface area (Å²) in [4.78, 5) is 18.2. The van der Waals surface area contributed by atoms with Crippen LogP contribution in [0.1, 0.15) is 16.6 Å². The number of hydrogen-bond acceptors (Lipinski definition) is 7. The fourth-order valence-corrected chi connectivity index (χ4v) is 2.37. The molecule has 19 heavy (non-hydrogen) atoms. The quantitative estimate of drug-likeness (QED) is 0.592. The number of nitrogens with zero attached hydrogens (tertiary/aromatic N) is 2. The maximum Gasteiger partial charge on any atom is 0.267 e. The molecule has 1 rings (SSSR count). The van der Waals surface area contributed by atoms with Gasteiger partial charge in [-0.3, -0.25) is 4.79 Å². The zero-order chi connectivity index (χ0) is 14.3. The van der Waals surface area contributed by atoms with E-state index in [2.05, 4.69) is 10.3 Å². The van der Waals surface area contributed by atoms with Gasteiger partial charge in [-0.05, 0) is 6.92 Å². The second kappa shape index (κ2) is 7.93. The zero-order valence-electron chi connectivity index (χ0n) is 11.2. The minimum absolute atomic E-state index is 0.0722. The molecule has 1 aromatic rings. The van der Waals surface area contributed by atoms with Crippen LogP contribution in [0, 0.1) is 0 Å². The largest absolute Gasteiger partial charge is 0.395 e. The van der Waals surface area contributed by atoms with E-state index in [0.717, 1.165) is 0 Å². The molecular weight excluding hydrogens is 268 g/mol. The third kappa shape index (κ3) is 4.34. The number of ether oxygens (including phenoxy) is 1. The number of amides is 1. The molecule has 108 valence electrons. The van der Waals surface area contributed by atoms with Crippen LogP contribution in [0.5, 0.6) is 0 Å². The molecule has 0 saturated heterocycles. The van der Waals surface area contributed by atoms with Crippen molar-refractivity contribution in [3.05, 3.63) is 4.88 Å². The summed E-state index contributed by atoms with van der Waals surface area (Å²) in [5.41, 5.74) is 5.75. The summed E-state index contributed by atoms with van der Waals surface area (Å²) in [6.07, 6.45) is 0. The topological polar surface area (TPSA) is 101 Å². The monoisotopic (exact) mass is 288 g/mol. The highest BCUT2D eigenvalue weighted by Crippen LogP contribution is 2.26. The maximum atomic E-state index is 12.2. The van der Waals surface area contributed by atoms with Gasteiger partial charge in [0.2, 0.25) is 0 Å². The molecule has 0 aromatic carbocycles. The Balaban J connectivity index is 2.74. The van der Waals surface area contributed by atoms with Gasteiger partial charge in [0.25, 0.3) is 5.91 Å². The molecule has 0 unspecified atom stereocenters. The molecule has 0 saturated carbocycles. The van der Waals surface area contributed by atoms with Crippen LogP contribution >= 0.6 is 11.3 Å². The van der Waals surface area contributed by atoms with Crippen LogP contribution in [0.15, 0.2) is 0 Å². The highest BCUT2D eigenvalue weighted by Gasteiger charge is 2.20. The highest BCUT2D eigenvalue weighted by molar-refractivity contribution is 7.18. The molecule has 1 heterocycles. The van der Waals surface area contributed by atoms with E-state index >= 15 is 0 Å². The molecular formula is C11H20N4O3S. The summed E-state index contributed by atoms with van der Waals surface area (Å²) in [6, 6.07) is 0. The van der Waals surface area contributed by atoms with Gasteiger partial charge in [-0.15, -0.1) is 0 Å². The number of carbonyl (C=O) groups excluding carboxylic acids is 1. The van der Waals surface area contributed by atoms with Gasteiger partial charge < -0.3 is 25.8 Å². The van der Waals surface area contributed by atoms with Gasteiger partial charge in [0.15, 0.2) is 5.13 Å². The molecule has 0 aliphatic carbocycles. The van der Waals surface area contributed by atoms with Crippen molar-refractivity contribution in [1.82, 2.24) is 9.88 Å². The van der Waals surface area contributed by atoms with Crippen LogP contribution in [0.4, 0.5) is 10.9 Å². The standard InChI is InChI=1S/C11H20N4O3S/c1-3-15(5-6-16)10(17)8-9(12)14-11(19-8)13-4-7-18-2/h16H,3-7,12H2,1-2H3,(H,13,14). The lowest BCUT2D eigenvalue weighted by molar-refractivity contribution is 0.0737. The number of methoxy groups -OCH3 is 1. The second-order valence-electron chi connectivity index (χ2n) is 3.76. The number of nitrogen functional groups attached to an aromatic ring is 1. The van der Waals surface area contributed by atoms with Crippen molar-refractivity contribution in [1.29, 1.82) is 0 Å². The summed E-state index contributed by atoms with van der Waals surface area (Å²) >= 11 is 1.21. The lowest BCUT2D eigenvalue weighted by Crippen LogP contribution is -2.33. The van der Waals surface area contributed by atoms with Gasteiger partial charge in [-0.1, -0.05) is 11.3 Å². The predicted molar refractivity (Wildman–Crippen MR) is 75.6 cm³/mol. The number of rotatable bonds is 8. The minimum atomic E-state index is -0.202. The first-order valence-corrected chi connectivity index (χ1v) is 6.84. The molecule has 0 bridgehead atoms. The van der Waals surface area contributed by atoms with E-state index in [9.17, 15) is 4.79 Å². The molecule has 0 radical (unpaired) electrons. The minimum Gasteiger partial charge on any atom is -0.395 e. The first kappa shape index (κ1) is 15.7. The Kier molecular flexibility index (Phi) is 6.54. The molecule has 0 fully saturated rings. The van der Waals surface area contributed by atoms with E-state index < -0.39 is 0 Å². The lowest BCUT2D eigenvalue weighted by atomic mass is 10.4. The average Bonchev–Trinajstić information content (AvgIpc) is 2.77. The SMILES string of the molecule is CCN(CCO)C(=O)c1sc(NCCOC)nc1N. The Hall–Kier alpha value is -1.38. The first-order valence-electron chi connectivity index (χ1n) is 6.03. The van der Waals surface area contributed by atoms with Crippen molar-refractivity contribution < 1.29 is 14.6 Å². The summed E-state index contributed by atoms with van der Waals surface area (Å²) < 4.78 is 4.92. The van der Waals surface area contributed by atoms with Crippen LogP contribution < -0.4 is 11.1 Å². The molecule has 8 heteroatoms. The van der Waals surface area contributed by atoms with E-state index in [4.69, 9.17) is 15.6 Å². The number of carbonyl (C=O) groups is 1. The summed E-state index contributed by atoms with van der Waals surface area (Å²) in [5.74, 6) is 0.0117. The maximum absolute atomic E-state index is 12.2. The third-order valence-corrected chi connectivity index (χ3v) is 3.49. The number of nitrogens with two attached hydrogens (primary N) is 1. The lowest BCUT2D eigenvalue weighted by Gasteiger charge is -2.18. The van der Waals surface area contributed by atoms with E-state index in [-0.39, 0.29) is 18.3 Å². The van der Waals surface area contributed by atoms with Crippen molar-refractivity contribution in [2.75, 3.05) is 51.0 Å². The van der Waals surface area contributed by atoms with Crippen LogP contribution in [-0.4, -0.2) is 60.9 Å². The normalized spacial score (nSPS) is 10.5. The fraction of sp³-hybridized carbons (Fsp3) is 0.636. The number of aliphatic hydroxyl groups excluding tert-OH is 1. The molecule has 0 atom stereocenters. The van der Waals surface area contributed by atoms with E-state index in [0.29, 0.717) is 36.2 Å². The van der Waals surface area contributed by atoms with Crippen molar-refractivity contribution in [2.24, 2.45) is 0 Å². The van der Waals surface area contributed by atoms with Gasteiger partial charge in [-0.25, -0.2) is 4.98 Å². The van der Waals surface area contributed by atoms with Crippen LogP contribution in [0.2, 0.25) is 0 Å². The number of nitrogens with one attached hydrogen (secondary N) is 1. The van der Waals surface area contributed by atoms with Crippen molar-refractivity contribution >= 4 is 28.2 Å². The summed E-state index contributed by atoms with van der Waals surface area (Å²) in [5, 5.41) is 12.5. The molecule has 0 spiro atoms. The molecule has 1 amide bonds. The Morgan fingerprint density at radius 1 is 1.63 bits per heavy atom. The number of hydrogen-bond donors (Lipinski definition) is 3. The summed E-state index contributed by atoms with van der Waals surface area (Å²) in [7, 11) is 1.61. The van der Waals surface area contributed by atoms with Gasteiger partial charge in [0.05, 0.1) is 13.2 Å². The van der Waals surface area contributed by atoms with Crippen LogP contribution in [0.3, 0.4) is 0 Å². The molecule has 4 N–H and O–H groups in total. The number of thiazole rings is 1. The van der Waals surface area contributed by atoms with E-state index in [1.165, 1.54) is 16.2 Å². The Morgan fingerprint density at radius 2 is 2.37 bits per heavy atom. The van der Waals surface area contributed by atoms with Gasteiger partial charge in [0.1, 0.15) is 10.7 Å². The highest BCUT2D eigenvalue weighted by atomic mass is 32.1. The predicted octanol–water partition coefficient (Wildman–Crippen LogP) is 0.238. The van der Waals surface area contributed by atoms with E-state index in [1.54, 1.807) is 7.11 Å². The first-order chi connectivity index (χ1) is 9.13. The Bertz CT molecular complexity index is 411. The fourth-order valence-electron chi connectivity index (χ4n) is 1.49. The molecule has 0 aliphatic rings. The third-order valence-electron chi connectivity index (χ3n) is 2.47. The molecule has 0 aliphatic heterocycles. The zero-order valence-corrected chi connectivity index (χ0v) is 12.0. The van der Waals surface area contributed by atoms with E-state index in [1.807, 2.05) is 6.92 Å². The second-order valence-corrected chi connectivity index (χ2v) is 4.76. The number of likely N-dealkylation sites (N-methyl/N-ethyl adjacent to an activating group) is 1. The average molecular weight is 288 g/mol. The molecule has 7 nitrogen and oxygen atoms in total. The van der Waals surface area contributed by atoms with Gasteiger partial charge in [0, 0.05) is 26.7 Å². The van der Waals surface area contributed by atoms with Crippen molar-refractivity contribution in [3.63, 3.8) is 0 Å². The number of aromatic nitrogens is 1. The van der Waals surface area contributed by atoms with Crippen molar-refractivity contribution in [3.8, 4) is 0 Å². The van der Waals surface area contributed by atoms with Crippen molar-refractivity contribution in [2.45, 2.75) is 6.92 Å². The smallest absolute Gasteiger partial charge is 0.267 e. The molecule has 1 aromatic heterocycles. The van der Waals surface area contributed by atoms with Gasteiger partial charge in [-0.2, -0.15) is 0 Å². The Labute approximate surface area is 116 Å². The Morgan fingerprint density at radius 3 is 2.95 bits per heavy atom. The number of aliphatic hydroxyl groups is 1. The number of anilines is 2. The summed E-state index contributed by atoms with van der Waals surface area (Å²) in [6.45, 7) is 3.74.